The van der Waals surface area contributed by atoms with Crippen LogP contribution in [0.25, 0.3) is 0 Å². The van der Waals surface area contributed by atoms with Crippen molar-refractivity contribution in [2.75, 3.05) is 12.8 Å². The summed E-state index contributed by atoms with van der Waals surface area (Å²) in [5.41, 5.74) is 6.77. The summed E-state index contributed by atoms with van der Waals surface area (Å²) in [5, 5.41) is 0. The molecule has 0 fully saturated rings. The molecular weight excluding hydrogens is 294 g/mol. The van der Waals surface area contributed by atoms with Crippen molar-refractivity contribution in [3.8, 4) is 0 Å². The Morgan fingerprint density at radius 2 is 1.78 bits per heavy atom. The van der Waals surface area contributed by atoms with Gasteiger partial charge in [-0.15, -0.1) is 0 Å². The standard InChI is InChI=1S/C13H22BrN3O/c1-7(2)9(18-6)12-16-10(13(3,4)5)8(14)11(15)17-12/h7,9H,1-6H3,(H2,15,16,17). The number of nitrogens with two attached hydrogens (primary N) is 1. The van der Waals surface area contributed by atoms with E-state index >= 15 is 0 Å². The molecule has 0 aliphatic rings. The van der Waals surface area contributed by atoms with Crippen molar-refractivity contribution in [2.45, 2.75) is 46.1 Å². The Bertz CT molecular complexity index is 427. The summed E-state index contributed by atoms with van der Waals surface area (Å²) >= 11 is 3.47. The van der Waals surface area contributed by atoms with Gasteiger partial charge in [-0.2, -0.15) is 0 Å². The molecule has 5 heteroatoms. The van der Waals surface area contributed by atoms with Crippen LogP contribution in [-0.4, -0.2) is 17.1 Å². The fourth-order valence-electron chi connectivity index (χ4n) is 1.78. The van der Waals surface area contributed by atoms with Gasteiger partial charge in [0.05, 0.1) is 10.2 Å². The molecule has 0 saturated carbocycles. The fraction of sp³-hybridized carbons (Fsp3) is 0.692. The smallest absolute Gasteiger partial charge is 0.160 e. The first-order valence-electron chi connectivity index (χ1n) is 6.04. The van der Waals surface area contributed by atoms with Gasteiger partial charge >= 0.3 is 0 Å². The third-order valence-electron chi connectivity index (χ3n) is 2.72. The molecule has 0 saturated heterocycles. The van der Waals surface area contributed by atoms with Crippen LogP contribution in [0.3, 0.4) is 0 Å². The average Bonchev–Trinajstić information content (AvgIpc) is 2.21. The van der Waals surface area contributed by atoms with Crippen LogP contribution in [0.1, 0.15) is 52.2 Å². The molecule has 1 unspecified atom stereocenters. The monoisotopic (exact) mass is 315 g/mol. The Kier molecular flexibility index (Phi) is 4.72. The minimum Gasteiger partial charge on any atom is -0.383 e. The van der Waals surface area contributed by atoms with Gasteiger partial charge in [0.25, 0.3) is 0 Å². The lowest BCUT2D eigenvalue weighted by molar-refractivity contribution is 0.0572. The minimum atomic E-state index is -0.138. The number of halogens is 1. The van der Waals surface area contributed by atoms with Crippen LogP contribution in [0, 0.1) is 5.92 Å². The normalized spacial score (nSPS) is 14.0. The first kappa shape index (κ1) is 15.4. The van der Waals surface area contributed by atoms with E-state index in [4.69, 9.17) is 10.5 Å². The molecule has 18 heavy (non-hydrogen) atoms. The van der Waals surface area contributed by atoms with Crippen molar-refractivity contribution in [3.63, 3.8) is 0 Å². The number of rotatable bonds is 3. The van der Waals surface area contributed by atoms with Crippen molar-refractivity contribution < 1.29 is 4.74 Å². The van der Waals surface area contributed by atoms with Gasteiger partial charge in [-0.05, 0) is 21.8 Å². The molecule has 1 heterocycles. The molecule has 1 atom stereocenters. The number of ether oxygens (including phenoxy) is 1. The van der Waals surface area contributed by atoms with E-state index in [2.05, 4.69) is 60.5 Å². The summed E-state index contributed by atoms with van der Waals surface area (Å²) in [6.07, 6.45) is -0.138. The summed E-state index contributed by atoms with van der Waals surface area (Å²) in [5.74, 6) is 1.41. The predicted molar refractivity (Wildman–Crippen MR) is 77.4 cm³/mol. The third kappa shape index (κ3) is 3.20. The highest BCUT2D eigenvalue weighted by Gasteiger charge is 2.26. The van der Waals surface area contributed by atoms with Crippen LogP contribution in [0.5, 0.6) is 0 Å². The molecule has 1 aromatic rings. The molecule has 0 bridgehead atoms. The summed E-state index contributed by atoms with van der Waals surface area (Å²) < 4.78 is 6.24. The zero-order valence-corrected chi connectivity index (χ0v) is 13.5. The van der Waals surface area contributed by atoms with Gasteiger partial charge < -0.3 is 10.5 Å². The van der Waals surface area contributed by atoms with Crippen LogP contribution >= 0.6 is 15.9 Å². The van der Waals surface area contributed by atoms with E-state index in [-0.39, 0.29) is 11.5 Å². The average molecular weight is 316 g/mol. The van der Waals surface area contributed by atoms with Crippen molar-refractivity contribution in [3.05, 3.63) is 16.0 Å². The Hall–Kier alpha value is -0.680. The quantitative estimate of drug-likeness (QED) is 0.927. The molecule has 0 aromatic carbocycles. The van der Waals surface area contributed by atoms with E-state index in [1.54, 1.807) is 7.11 Å². The van der Waals surface area contributed by atoms with Gasteiger partial charge in [-0.3, -0.25) is 0 Å². The largest absolute Gasteiger partial charge is 0.383 e. The molecule has 1 aromatic heterocycles. The second-order valence-electron chi connectivity index (χ2n) is 5.78. The number of methoxy groups -OCH3 is 1. The zero-order valence-electron chi connectivity index (χ0n) is 11.9. The summed E-state index contributed by atoms with van der Waals surface area (Å²) in [6.45, 7) is 10.4. The number of hydrogen-bond acceptors (Lipinski definition) is 4. The lowest BCUT2D eigenvalue weighted by Gasteiger charge is -2.24. The summed E-state index contributed by atoms with van der Waals surface area (Å²) in [6, 6.07) is 0. The fourth-order valence-corrected chi connectivity index (χ4v) is 2.55. The highest BCUT2D eigenvalue weighted by Crippen LogP contribution is 2.33. The van der Waals surface area contributed by atoms with E-state index in [0.717, 1.165) is 10.2 Å². The molecule has 4 nitrogen and oxygen atoms in total. The van der Waals surface area contributed by atoms with Crippen molar-refractivity contribution in [2.24, 2.45) is 5.92 Å². The van der Waals surface area contributed by atoms with Gasteiger partial charge in [0.15, 0.2) is 5.82 Å². The minimum absolute atomic E-state index is 0.0973. The van der Waals surface area contributed by atoms with Crippen molar-refractivity contribution in [1.29, 1.82) is 0 Å². The van der Waals surface area contributed by atoms with Crippen molar-refractivity contribution in [1.82, 2.24) is 9.97 Å². The molecule has 0 amide bonds. The second-order valence-corrected chi connectivity index (χ2v) is 6.57. The van der Waals surface area contributed by atoms with Gasteiger partial charge in [0.2, 0.25) is 0 Å². The van der Waals surface area contributed by atoms with Crippen LogP contribution in [0.2, 0.25) is 0 Å². The zero-order chi connectivity index (χ0) is 14.1. The highest BCUT2D eigenvalue weighted by molar-refractivity contribution is 9.10. The Balaban J connectivity index is 3.36. The molecule has 0 spiro atoms. The number of nitrogen functional groups attached to an aromatic ring is 1. The summed E-state index contributed by atoms with van der Waals surface area (Å²) in [7, 11) is 1.67. The Morgan fingerprint density at radius 3 is 2.17 bits per heavy atom. The van der Waals surface area contributed by atoms with Gasteiger partial charge in [-0.1, -0.05) is 34.6 Å². The second kappa shape index (κ2) is 5.53. The molecule has 1 rings (SSSR count). The number of anilines is 1. The lowest BCUT2D eigenvalue weighted by atomic mass is 9.91. The van der Waals surface area contributed by atoms with E-state index < -0.39 is 0 Å². The van der Waals surface area contributed by atoms with E-state index in [9.17, 15) is 0 Å². The SMILES string of the molecule is COC(c1nc(N)c(Br)c(C(C)(C)C)n1)C(C)C. The predicted octanol–water partition coefficient (Wildman–Crippen LogP) is 3.46. The molecule has 0 aliphatic heterocycles. The maximum absolute atomic E-state index is 5.96. The third-order valence-corrected chi connectivity index (χ3v) is 3.50. The Labute approximate surface area is 117 Å². The van der Waals surface area contributed by atoms with Crippen LogP contribution < -0.4 is 5.73 Å². The Morgan fingerprint density at radius 1 is 1.22 bits per heavy atom. The molecule has 102 valence electrons. The number of nitrogens with zero attached hydrogens (tertiary/aromatic N) is 2. The first-order valence-corrected chi connectivity index (χ1v) is 6.84. The summed E-state index contributed by atoms with van der Waals surface area (Å²) in [4.78, 5) is 8.97. The maximum Gasteiger partial charge on any atom is 0.160 e. The lowest BCUT2D eigenvalue weighted by Crippen LogP contribution is -2.21. The topological polar surface area (TPSA) is 61.0 Å². The number of aromatic nitrogens is 2. The van der Waals surface area contributed by atoms with Crippen LogP contribution in [-0.2, 0) is 10.2 Å². The van der Waals surface area contributed by atoms with E-state index in [1.165, 1.54) is 0 Å². The first-order chi connectivity index (χ1) is 8.18. The van der Waals surface area contributed by atoms with Crippen molar-refractivity contribution >= 4 is 21.7 Å². The van der Waals surface area contributed by atoms with E-state index in [0.29, 0.717) is 17.6 Å². The number of hydrogen-bond donors (Lipinski definition) is 1. The molecule has 0 aliphatic carbocycles. The van der Waals surface area contributed by atoms with Gasteiger partial charge in [0.1, 0.15) is 11.9 Å². The highest BCUT2D eigenvalue weighted by atomic mass is 79.9. The molecular formula is C13H22BrN3O. The van der Waals surface area contributed by atoms with Gasteiger partial charge in [0, 0.05) is 12.5 Å². The van der Waals surface area contributed by atoms with E-state index in [1.807, 2.05) is 0 Å². The van der Waals surface area contributed by atoms with Crippen LogP contribution in [0.15, 0.2) is 4.47 Å². The maximum atomic E-state index is 5.96. The molecule has 2 N–H and O–H groups in total. The van der Waals surface area contributed by atoms with Crippen LogP contribution in [0.4, 0.5) is 5.82 Å². The molecule has 0 radical (unpaired) electrons. The van der Waals surface area contributed by atoms with Gasteiger partial charge in [-0.25, -0.2) is 9.97 Å².